The average molecular weight is 393 g/mol. The summed E-state index contributed by atoms with van der Waals surface area (Å²) in [4.78, 5) is 6.45. The van der Waals surface area contributed by atoms with Crippen LogP contribution in [-0.2, 0) is 13.2 Å². The van der Waals surface area contributed by atoms with Crippen LogP contribution in [0.3, 0.4) is 0 Å². The first-order chi connectivity index (χ1) is 14.1. The summed E-state index contributed by atoms with van der Waals surface area (Å²) < 4.78 is 6.24. The lowest BCUT2D eigenvalue weighted by Crippen LogP contribution is -2.35. The number of likely N-dealkylation sites (tertiary alicyclic amines) is 1. The number of ether oxygens (including phenoxy) is 1. The molecular weight excluding hydrogens is 364 g/mol. The number of anilines is 2. The zero-order valence-electron chi connectivity index (χ0n) is 16.8. The predicted octanol–water partition coefficient (Wildman–Crippen LogP) is 3.39. The highest BCUT2D eigenvalue weighted by molar-refractivity contribution is 5.91. The van der Waals surface area contributed by atoms with Crippen molar-refractivity contribution in [3.63, 3.8) is 0 Å². The highest BCUT2D eigenvalue weighted by Crippen LogP contribution is 2.27. The van der Waals surface area contributed by atoms with Crippen molar-refractivity contribution in [3.05, 3.63) is 59.8 Å². The molecule has 4 rings (SSSR count). The Kier molecular flexibility index (Phi) is 5.83. The lowest BCUT2D eigenvalue weighted by Gasteiger charge is -2.30. The molecule has 0 atom stereocenters. The van der Waals surface area contributed by atoms with E-state index < -0.39 is 0 Å². The fourth-order valence-corrected chi connectivity index (χ4v) is 3.75. The number of benzene rings is 2. The smallest absolute Gasteiger partial charge is 0.131 e. The molecule has 0 bridgehead atoms. The van der Waals surface area contributed by atoms with Gasteiger partial charge in [-0.2, -0.15) is 0 Å². The number of rotatable bonds is 6. The maximum atomic E-state index is 9.69. The van der Waals surface area contributed by atoms with E-state index in [0.29, 0.717) is 12.4 Å². The summed E-state index contributed by atoms with van der Waals surface area (Å²) >= 11 is 0. The van der Waals surface area contributed by atoms with E-state index in [4.69, 9.17) is 10.5 Å². The summed E-state index contributed by atoms with van der Waals surface area (Å²) in [5, 5.41) is 15.2. The Labute approximate surface area is 171 Å². The Morgan fingerprint density at radius 1 is 1.17 bits per heavy atom. The number of nitrogen functional groups attached to an aromatic ring is 1. The second-order valence-electron chi connectivity index (χ2n) is 7.71. The number of aliphatic hydroxyl groups is 1. The third-order valence-electron chi connectivity index (χ3n) is 5.55. The first-order valence-corrected chi connectivity index (χ1v) is 10.1. The van der Waals surface area contributed by atoms with Crippen LogP contribution in [0.15, 0.2) is 48.7 Å². The standard InChI is InChI=1S/C23H28N4O2/c1-27-10-7-20(8-11-27)29-22-13-19(4-3-18(22)15-28)26-14-16-2-5-21-17(12-16)6-9-25-23(21)24/h2-6,9,12-13,20,26,28H,7-8,10-11,14-15H2,1H3,(H2,24,25). The van der Waals surface area contributed by atoms with Crippen LogP contribution in [0, 0.1) is 0 Å². The maximum Gasteiger partial charge on any atom is 0.131 e. The second-order valence-corrected chi connectivity index (χ2v) is 7.71. The Balaban J connectivity index is 1.46. The highest BCUT2D eigenvalue weighted by Gasteiger charge is 2.19. The fourth-order valence-electron chi connectivity index (χ4n) is 3.75. The molecule has 1 saturated heterocycles. The molecule has 0 radical (unpaired) electrons. The number of aliphatic hydroxyl groups excluding tert-OH is 1. The molecule has 29 heavy (non-hydrogen) atoms. The topological polar surface area (TPSA) is 83.6 Å². The number of nitrogens with one attached hydrogen (secondary N) is 1. The molecule has 2 aromatic carbocycles. The molecule has 4 N–H and O–H groups in total. The lowest BCUT2D eigenvalue weighted by atomic mass is 10.1. The van der Waals surface area contributed by atoms with Crippen LogP contribution >= 0.6 is 0 Å². The lowest BCUT2D eigenvalue weighted by molar-refractivity contribution is 0.111. The molecule has 6 heteroatoms. The summed E-state index contributed by atoms with van der Waals surface area (Å²) in [7, 11) is 2.14. The van der Waals surface area contributed by atoms with E-state index in [-0.39, 0.29) is 12.7 Å². The number of nitrogens with two attached hydrogens (primary N) is 1. The zero-order chi connectivity index (χ0) is 20.2. The van der Waals surface area contributed by atoms with Gasteiger partial charge in [0.1, 0.15) is 17.7 Å². The molecule has 152 valence electrons. The van der Waals surface area contributed by atoms with Gasteiger partial charge in [-0.05, 0) is 49.0 Å². The van der Waals surface area contributed by atoms with E-state index in [2.05, 4.69) is 34.4 Å². The van der Waals surface area contributed by atoms with E-state index in [1.807, 2.05) is 30.3 Å². The quantitative estimate of drug-likeness (QED) is 0.596. The van der Waals surface area contributed by atoms with Crippen LogP contribution in [-0.4, -0.2) is 41.2 Å². The van der Waals surface area contributed by atoms with Crippen LogP contribution < -0.4 is 15.8 Å². The van der Waals surface area contributed by atoms with E-state index in [1.165, 1.54) is 0 Å². The van der Waals surface area contributed by atoms with Gasteiger partial charge in [-0.1, -0.05) is 18.2 Å². The summed E-state index contributed by atoms with van der Waals surface area (Å²) in [6.07, 6.45) is 3.95. The maximum absolute atomic E-state index is 9.69. The van der Waals surface area contributed by atoms with Gasteiger partial charge in [0.25, 0.3) is 0 Å². The van der Waals surface area contributed by atoms with Crippen molar-refractivity contribution in [2.45, 2.75) is 32.1 Å². The number of fused-ring (bicyclic) bond motifs is 1. The molecular formula is C23H28N4O2. The number of hydrogen-bond acceptors (Lipinski definition) is 6. The van der Waals surface area contributed by atoms with Crippen LogP contribution in [0.25, 0.3) is 10.8 Å². The minimum absolute atomic E-state index is 0.0254. The van der Waals surface area contributed by atoms with Crippen LogP contribution in [0.2, 0.25) is 0 Å². The van der Waals surface area contributed by atoms with Crippen molar-refractivity contribution in [2.75, 3.05) is 31.2 Å². The van der Waals surface area contributed by atoms with E-state index in [0.717, 1.165) is 59.3 Å². The van der Waals surface area contributed by atoms with E-state index in [1.54, 1.807) is 6.20 Å². The Hall–Kier alpha value is -2.83. The highest BCUT2D eigenvalue weighted by atomic mass is 16.5. The molecule has 1 fully saturated rings. The van der Waals surface area contributed by atoms with Crippen LogP contribution in [0.5, 0.6) is 5.75 Å². The second kappa shape index (κ2) is 8.68. The minimum atomic E-state index is -0.0254. The van der Waals surface area contributed by atoms with Gasteiger partial charge in [0, 0.05) is 48.5 Å². The zero-order valence-corrected chi connectivity index (χ0v) is 16.8. The van der Waals surface area contributed by atoms with E-state index >= 15 is 0 Å². The van der Waals surface area contributed by atoms with Crippen molar-refractivity contribution in [1.29, 1.82) is 0 Å². The molecule has 1 aliphatic rings. The van der Waals surface area contributed by atoms with Gasteiger partial charge >= 0.3 is 0 Å². The number of piperidine rings is 1. The van der Waals surface area contributed by atoms with Crippen molar-refractivity contribution < 1.29 is 9.84 Å². The third-order valence-corrected chi connectivity index (χ3v) is 5.55. The van der Waals surface area contributed by atoms with Crippen molar-refractivity contribution in [3.8, 4) is 5.75 Å². The summed E-state index contributed by atoms with van der Waals surface area (Å²) in [6.45, 7) is 2.74. The Morgan fingerprint density at radius 3 is 2.79 bits per heavy atom. The largest absolute Gasteiger partial charge is 0.490 e. The number of nitrogens with zero attached hydrogens (tertiary/aromatic N) is 2. The van der Waals surface area contributed by atoms with Gasteiger partial charge in [0.05, 0.1) is 6.61 Å². The molecule has 0 aliphatic carbocycles. The van der Waals surface area contributed by atoms with Crippen LogP contribution in [0.1, 0.15) is 24.0 Å². The summed E-state index contributed by atoms with van der Waals surface area (Å²) in [6, 6.07) is 14.1. The third kappa shape index (κ3) is 4.60. The molecule has 0 spiro atoms. The molecule has 0 unspecified atom stereocenters. The number of aromatic nitrogens is 1. The Morgan fingerprint density at radius 2 is 2.00 bits per heavy atom. The fraction of sp³-hybridized carbons (Fsp3) is 0.348. The van der Waals surface area contributed by atoms with E-state index in [9.17, 15) is 5.11 Å². The van der Waals surface area contributed by atoms with Gasteiger partial charge in [0.15, 0.2) is 0 Å². The first kappa shape index (κ1) is 19.5. The Bertz CT molecular complexity index is 984. The molecule has 3 aromatic rings. The van der Waals surface area contributed by atoms with Crippen molar-refractivity contribution in [1.82, 2.24) is 9.88 Å². The summed E-state index contributed by atoms with van der Waals surface area (Å²) in [5.41, 5.74) is 8.89. The molecule has 1 aliphatic heterocycles. The number of hydrogen-bond donors (Lipinski definition) is 3. The summed E-state index contributed by atoms with van der Waals surface area (Å²) in [5.74, 6) is 1.32. The molecule has 6 nitrogen and oxygen atoms in total. The predicted molar refractivity (Wildman–Crippen MR) is 117 cm³/mol. The van der Waals surface area contributed by atoms with Gasteiger partial charge in [-0.3, -0.25) is 0 Å². The van der Waals surface area contributed by atoms with Crippen molar-refractivity contribution in [2.24, 2.45) is 0 Å². The van der Waals surface area contributed by atoms with Crippen LogP contribution in [0.4, 0.5) is 11.5 Å². The van der Waals surface area contributed by atoms with Gasteiger partial charge < -0.3 is 25.8 Å². The average Bonchev–Trinajstić information content (AvgIpc) is 2.74. The normalized spacial score (nSPS) is 15.5. The molecule has 2 heterocycles. The van der Waals surface area contributed by atoms with Gasteiger partial charge in [0.2, 0.25) is 0 Å². The van der Waals surface area contributed by atoms with Gasteiger partial charge in [-0.25, -0.2) is 4.98 Å². The van der Waals surface area contributed by atoms with Gasteiger partial charge in [-0.15, -0.1) is 0 Å². The van der Waals surface area contributed by atoms with Crippen molar-refractivity contribution >= 4 is 22.3 Å². The minimum Gasteiger partial charge on any atom is -0.490 e. The molecule has 1 aromatic heterocycles. The molecule has 0 saturated carbocycles. The number of pyridine rings is 1. The monoisotopic (exact) mass is 392 g/mol. The SMILES string of the molecule is CN1CCC(Oc2cc(NCc3ccc4c(N)nccc4c3)ccc2CO)CC1. The molecule has 0 amide bonds. The first-order valence-electron chi connectivity index (χ1n) is 10.1.